The Morgan fingerprint density at radius 1 is 0.952 bits per heavy atom. The van der Waals surface area contributed by atoms with Gasteiger partial charge in [-0.1, -0.05) is 18.2 Å². The van der Waals surface area contributed by atoms with E-state index in [1.54, 1.807) is 34.6 Å². The molecule has 15 nitrogen and oxygen atoms in total. The molecule has 2 N–H and O–H groups in total. The number of phosphoric ester groups is 1. The lowest BCUT2D eigenvalue weighted by Gasteiger charge is -2.23. The SMILES string of the molecule is CCOCc1nc2c(N)nc3ccccc3c2n1CC(C)OP(=O)(OCOC(=O)OC(C)C)OCOC(=O)OC(C)C. The standard InChI is InChI=1S/C26H37N4O11P/c1-7-34-13-21-29-22-23(19-10-8-9-11-20(19)28-24(22)27)30(21)12-18(6)41-42(33,37-14-35-25(31)39-16(2)3)38-15-36-26(32)40-17(4)5/h8-11,16-18H,7,12-15H2,1-6H3,(H2,27,28). The zero-order valence-corrected chi connectivity index (χ0v) is 25.3. The highest BCUT2D eigenvalue weighted by molar-refractivity contribution is 7.48. The number of pyridine rings is 1. The van der Waals surface area contributed by atoms with Crippen LogP contribution >= 0.6 is 7.82 Å². The Balaban J connectivity index is 1.85. The van der Waals surface area contributed by atoms with E-state index in [9.17, 15) is 14.2 Å². The highest BCUT2D eigenvalue weighted by atomic mass is 31.2. The smallest absolute Gasteiger partial charge is 0.432 e. The molecule has 0 aliphatic heterocycles. The molecule has 0 spiro atoms. The summed E-state index contributed by atoms with van der Waals surface area (Å²) in [6.45, 7) is 9.01. The first-order valence-corrected chi connectivity index (χ1v) is 14.7. The number of nitrogen functional groups attached to an aromatic ring is 1. The number of nitrogens with two attached hydrogens (primary N) is 1. The summed E-state index contributed by atoms with van der Waals surface area (Å²) >= 11 is 0. The van der Waals surface area contributed by atoms with Gasteiger partial charge in [-0.2, -0.15) is 0 Å². The molecule has 0 saturated heterocycles. The molecule has 232 valence electrons. The largest absolute Gasteiger partial charge is 0.510 e. The summed E-state index contributed by atoms with van der Waals surface area (Å²) in [5.41, 5.74) is 8.05. The van der Waals surface area contributed by atoms with Crippen molar-refractivity contribution < 1.29 is 51.4 Å². The normalized spacial score (nSPS) is 12.7. The van der Waals surface area contributed by atoms with Crippen LogP contribution in [0.25, 0.3) is 21.9 Å². The lowest BCUT2D eigenvalue weighted by atomic mass is 10.2. The van der Waals surface area contributed by atoms with E-state index >= 15 is 0 Å². The molecule has 42 heavy (non-hydrogen) atoms. The van der Waals surface area contributed by atoms with E-state index in [-0.39, 0.29) is 19.0 Å². The van der Waals surface area contributed by atoms with Gasteiger partial charge in [-0.25, -0.2) is 33.2 Å². The minimum Gasteiger partial charge on any atom is -0.432 e. The summed E-state index contributed by atoms with van der Waals surface area (Å²) in [7, 11) is -4.50. The molecule has 3 rings (SSSR count). The first-order valence-electron chi connectivity index (χ1n) is 13.3. The Kier molecular flexibility index (Phi) is 11.9. The minimum absolute atomic E-state index is 0.0928. The molecule has 0 aliphatic rings. The summed E-state index contributed by atoms with van der Waals surface area (Å²) in [4.78, 5) is 32.6. The van der Waals surface area contributed by atoms with Crippen LogP contribution in [0.4, 0.5) is 15.4 Å². The maximum atomic E-state index is 13.5. The number of hydrogen-bond acceptors (Lipinski definition) is 14. The third-order valence-electron chi connectivity index (χ3n) is 5.31. The van der Waals surface area contributed by atoms with Crippen molar-refractivity contribution in [2.75, 3.05) is 25.9 Å². The van der Waals surface area contributed by atoms with Crippen molar-refractivity contribution in [3.05, 3.63) is 30.1 Å². The molecule has 0 saturated carbocycles. The number of benzene rings is 1. The second kappa shape index (κ2) is 15.1. The number of ether oxygens (including phenoxy) is 5. The monoisotopic (exact) mass is 612 g/mol. The number of fused-ring (bicyclic) bond motifs is 3. The fraction of sp³-hybridized carbons (Fsp3) is 0.538. The number of nitrogens with zero attached hydrogens (tertiary/aromatic N) is 3. The van der Waals surface area contributed by atoms with Crippen LogP contribution in [0.1, 0.15) is 47.4 Å². The number of carbonyl (C=O) groups excluding carboxylic acids is 2. The second-order valence-corrected chi connectivity index (χ2v) is 11.1. The van der Waals surface area contributed by atoms with E-state index in [0.717, 1.165) is 5.39 Å². The number of aromatic nitrogens is 3. The predicted octanol–water partition coefficient (Wildman–Crippen LogP) is 5.29. The van der Waals surface area contributed by atoms with Crippen LogP contribution in [-0.2, 0) is 55.0 Å². The van der Waals surface area contributed by atoms with Crippen LogP contribution in [0.2, 0.25) is 0 Å². The number of anilines is 1. The summed E-state index contributed by atoms with van der Waals surface area (Å²) in [6.07, 6.45) is -3.86. The Bertz CT molecular complexity index is 1380. The Labute approximate surface area is 243 Å². The lowest BCUT2D eigenvalue weighted by Crippen LogP contribution is -2.21. The van der Waals surface area contributed by atoms with Gasteiger partial charge in [-0.15, -0.1) is 0 Å². The molecule has 0 aliphatic carbocycles. The van der Waals surface area contributed by atoms with Gasteiger partial charge < -0.3 is 34.0 Å². The summed E-state index contributed by atoms with van der Waals surface area (Å²) in [5.74, 6) is 0.769. The molecular formula is C26H37N4O11P. The highest BCUT2D eigenvalue weighted by Gasteiger charge is 2.32. The van der Waals surface area contributed by atoms with E-state index in [4.69, 9.17) is 43.0 Å². The van der Waals surface area contributed by atoms with Gasteiger partial charge in [-0.05, 0) is 47.6 Å². The molecule has 1 unspecified atom stereocenters. The maximum absolute atomic E-state index is 13.5. The second-order valence-electron chi connectivity index (χ2n) is 9.47. The molecule has 0 amide bonds. The number of phosphoric acid groups is 1. The van der Waals surface area contributed by atoms with E-state index in [2.05, 4.69) is 9.97 Å². The molecular weight excluding hydrogens is 575 g/mol. The summed E-state index contributed by atoms with van der Waals surface area (Å²) in [5, 5.41) is 0.786. The maximum Gasteiger partial charge on any atom is 0.510 e. The molecule has 0 bridgehead atoms. The van der Waals surface area contributed by atoms with Crippen molar-refractivity contribution in [1.82, 2.24) is 14.5 Å². The van der Waals surface area contributed by atoms with Crippen molar-refractivity contribution in [3.8, 4) is 0 Å². The van der Waals surface area contributed by atoms with Crippen molar-refractivity contribution in [2.24, 2.45) is 0 Å². The first kappa shape index (κ1) is 33.0. The van der Waals surface area contributed by atoms with Gasteiger partial charge in [0.25, 0.3) is 0 Å². The van der Waals surface area contributed by atoms with E-state index in [1.165, 1.54) is 0 Å². The van der Waals surface area contributed by atoms with Gasteiger partial charge in [0.15, 0.2) is 5.82 Å². The number of para-hydroxylation sites is 1. The van der Waals surface area contributed by atoms with Gasteiger partial charge in [0.2, 0.25) is 13.6 Å². The van der Waals surface area contributed by atoms with Crippen molar-refractivity contribution >= 4 is 47.9 Å². The zero-order chi connectivity index (χ0) is 30.9. The van der Waals surface area contributed by atoms with Gasteiger partial charge in [0.05, 0.1) is 35.9 Å². The molecule has 0 radical (unpaired) electrons. The number of hydrogen-bond donors (Lipinski definition) is 1. The quantitative estimate of drug-likeness (QED) is 0.133. The Hall–Kier alpha value is -3.49. The van der Waals surface area contributed by atoms with Crippen molar-refractivity contribution in [2.45, 2.75) is 73.0 Å². The van der Waals surface area contributed by atoms with Crippen molar-refractivity contribution in [3.63, 3.8) is 0 Å². The van der Waals surface area contributed by atoms with Crippen LogP contribution in [0.5, 0.6) is 0 Å². The third-order valence-corrected chi connectivity index (χ3v) is 6.77. The molecule has 2 aromatic heterocycles. The van der Waals surface area contributed by atoms with Gasteiger partial charge >= 0.3 is 20.1 Å². The average molecular weight is 613 g/mol. The van der Waals surface area contributed by atoms with Gasteiger partial charge in [0, 0.05) is 12.0 Å². The molecule has 16 heteroatoms. The van der Waals surface area contributed by atoms with Gasteiger partial charge in [-0.3, -0.25) is 4.52 Å². The fourth-order valence-electron chi connectivity index (χ4n) is 3.75. The van der Waals surface area contributed by atoms with Crippen LogP contribution in [0.3, 0.4) is 0 Å². The Morgan fingerprint density at radius 3 is 2.12 bits per heavy atom. The van der Waals surface area contributed by atoms with Crippen LogP contribution in [0.15, 0.2) is 24.3 Å². The average Bonchev–Trinajstić information content (AvgIpc) is 3.25. The van der Waals surface area contributed by atoms with Crippen LogP contribution in [0, 0.1) is 0 Å². The number of imidazole rings is 1. The predicted molar refractivity (Wildman–Crippen MR) is 150 cm³/mol. The minimum atomic E-state index is -4.50. The first-order chi connectivity index (χ1) is 19.9. The zero-order valence-electron chi connectivity index (χ0n) is 24.4. The molecule has 1 atom stereocenters. The van der Waals surface area contributed by atoms with Crippen LogP contribution in [-0.4, -0.2) is 65.4 Å². The highest BCUT2D eigenvalue weighted by Crippen LogP contribution is 2.51. The topological polar surface area (TPSA) is 182 Å². The third kappa shape index (κ3) is 9.26. The van der Waals surface area contributed by atoms with E-state index in [1.807, 2.05) is 35.8 Å². The van der Waals surface area contributed by atoms with Gasteiger partial charge in [0.1, 0.15) is 17.9 Å². The number of carbonyl (C=O) groups is 2. The molecule has 1 aromatic carbocycles. The van der Waals surface area contributed by atoms with E-state index in [0.29, 0.717) is 29.0 Å². The summed E-state index contributed by atoms with van der Waals surface area (Å²) in [6, 6.07) is 7.42. The van der Waals surface area contributed by atoms with Crippen molar-refractivity contribution in [1.29, 1.82) is 0 Å². The number of rotatable bonds is 15. The molecule has 2 heterocycles. The Morgan fingerprint density at radius 2 is 1.55 bits per heavy atom. The van der Waals surface area contributed by atoms with Crippen LogP contribution < -0.4 is 5.73 Å². The fourth-order valence-corrected chi connectivity index (χ4v) is 4.81. The summed E-state index contributed by atoms with van der Waals surface area (Å²) < 4.78 is 56.4. The lowest BCUT2D eigenvalue weighted by molar-refractivity contribution is -0.0502. The van der Waals surface area contributed by atoms with E-state index < -0.39 is 52.0 Å². The molecule has 3 aromatic rings. The molecule has 0 fully saturated rings.